The predicted octanol–water partition coefficient (Wildman–Crippen LogP) is 5.78. The molecule has 0 saturated carbocycles. The second-order valence-electron chi connectivity index (χ2n) is 7.05. The van der Waals surface area contributed by atoms with Gasteiger partial charge in [-0.1, -0.05) is 48.0 Å². The summed E-state index contributed by atoms with van der Waals surface area (Å²) in [6.45, 7) is 1.08. The van der Waals surface area contributed by atoms with Crippen molar-refractivity contribution in [2.45, 2.75) is 18.7 Å². The fourth-order valence-electron chi connectivity index (χ4n) is 3.47. The number of hydrogen-bond acceptors (Lipinski definition) is 4. The molecule has 1 fully saturated rings. The van der Waals surface area contributed by atoms with E-state index in [-0.39, 0.29) is 22.8 Å². The smallest absolute Gasteiger partial charge is 0.417 e. The number of alkyl halides is 3. The molecular weight excluding hydrogens is 417 g/mol. The summed E-state index contributed by atoms with van der Waals surface area (Å²) in [5.74, 6) is 0.128. The normalized spacial score (nSPS) is 16.7. The molecule has 0 amide bonds. The van der Waals surface area contributed by atoms with Crippen LogP contribution in [-0.4, -0.2) is 29.3 Å². The highest BCUT2D eigenvalue weighted by molar-refractivity contribution is 6.31. The van der Waals surface area contributed by atoms with Crippen molar-refractivity contribution < 1.29 is 23.0 Å². The average Bonchev–Trinajstić information content (AvgIpc) is 3.17. The number of rotatable bonds is 4. The molecule has 4 nitrogen and oxygen atoms in total. The summed E-state index contributed by atoms with van der Waals surface area (Å²) in [5.41, 5.74) is 1.66. The van der Waals surface area contributed by atoms with E-state index in [1.165, 1.54) is 0 Å². The van der Waals surface area contributed by atoms with Crippen molar-refractivity contribution in [1.29, 1.82) is 0 Å². The highest BCUT2D eigenvalue weighted by Gasteiger charge is 2.32. The first kappa shape index (κ1) is 20.3. The number of ether oxygens (including phenoxy) is 1. The van der Waals surface area contributed by atoms with Crippen molar-refractivity contribution in [1.82, 2.24) is 4.98 Å². The fourth-order valence-corrected chi connectivity index (χ4v) is 3.68. The minimum atomic E-state index is -4.51. The Kier molecular flexibility index (Phi) is 5.47. The van der Waals surface area contributed by atoms with Gasteiger partial charge in [0.25, 0.3) is 0 Å². The Morgan fingerprint density at radius 1 is 1.07 bits per heavy atom. The Morgan fingerprint density at radius 2 is 1.83 bits per heavy atom. The number of hydrogen-bond donors (Lipinski definition) is 1. The molecule has 156 valence electrons. The third kappa shape index (κ3) is 4.31. The molecule has 0 bridgehead atoms. The summed E-state index contributed by atoms with van der Waals surface area (Å²) >= 11 is 5.93. The monoisotopic (exact) mass is 434 g/mol. The number of phenols is 1. The van der Waals surface area contributed by atoms with Crippen LogP contribution in [0, 0.1) is 0 Å². The van der Waals surface area contributed by atoms with Gasteiger partial charge in [0.1, 0.15) is 16.9 Å². The Balaban J connectivity index is 1.45. The van der Waals surface area contributed by atoms with Crippen molar-refractivity contribution >= 4 is 17.3 Å². The lowest BCUT2D eigenvalue weighted by Crippen LogP contribution is -2.25. The maximum Gasteiger partial charge on any atom is 0.417 e. The van der Waals surface area contributed by atoms with Gasteiger partial charge in [-0.25, -0.2) is 4.98 Å². The Hall–Kier alpha value is -2.93. The van der Waals surface area contributed by atoms with Gasteiger partial charge < -0.3 is 14.7 Å². The highest BCUT2D eigenvalue weighted by Crippen LogP contribution is 2.36. The van der Waals surface area contributed by atoms with Crippen molar-refractivity contribution in [3.8, 4) is 22.8 Å². The van der Waals surface area contributed by atoms with Gasteiger partial charge in [-0.3, -0.25) is 0 Å². The number of aromatic nitrogens is 1. The molecule has 1 aliphatic rings. The Morgan fingerprint density at radius 3 is 2.50 bits per heavy atom. The van der Waals surface area contributed by atoms with Gasteiger partial charge in [-0.05, 0) is 29.3 Å². The van der Waals surface area contributed by atoms with Crippen LogP contribution in [0.5, 0.6) is 11.6 Å². The van der Waals surface area contributed by atoms with E-state index in [1.54, 1.807) is 6.07 Å². The van der Waals surface area contributed by atoms with Crippen LogP contribution in [-0.2, 0) is 6.18 Å². The van der Waals surface area contributed by atoms with Gasteiger partial charge in [0.2, 0.25) is 5.88 Å². The highest BCUT2D eigenvalue weighted by atomic mass is 35.5. The van der Waals surface area contributed by atoms with Gasteiger partial charge in [0.15, 0.2) is 0 Å². The third-order valence-corrected chi connectivity index (χ3v) is 5.25. The van der Waals surface area contributed by atoms with Crippen LogP contribution in [0.3, 0.4) is 0 Å². The van der Waals surface area contributed by atoms with Crippen LogP contribution in [0.25, 0.3) is 11.1 Å². The van der Waals surface area contributed by atoms with E-state index < -0.39 is 11.7 Å². The molecule has 4 rings (SSSR count). The van der Waals surface area contributed by atoms with E-state index in [2.05, 4.69) is 4.98 Å². The lowest BCUT2D eigenvalue weighted by atomic mass is 10.0. The van der Waals surface area contributed by atoms with Gasteiger partial charge in [0.05, 0.1) is 17.8 Å². The minimum absolute atomic E-state index is 0.0276. The second-order valence-corrected chi connectivity index (χ2v) is 7.46. The fraction of sp³-hybridized carbons (Fsp3) is 0.227. The van der Waals surface area contributed by atoms with Crippen molar-refractivity contribution in [3.05, 3.63) is 71.4 Å². The van der Waals surface area contributed by atoms with Crippen LogP contribution >= 0.6 is 11.6 Å². The van der Waals surface area contributed by atoms with E-state index >= 15 is 0 Å². The molecule has 2 heterocycles. The molecule has 0 radical (unpaired) electrons. The molecule has 2 aromatic carbocycles. The summed E-state index contributed by atoms with van der Waals surface area (Å²) < 4.78 is 44.0. The maximum atomic E-state index is 12.7. The van der Waals surface area contributed by atoms with E-state index in [1.807, 2.05) is 47.4 Å². The largest absolute Gasteiger partial charge is 0.506 e. The molecule has 1 atom stereocenters. The van der Waals surface area contributed by atoms with Crippen LogP contribution in [0.15, 0.2) is 60.8 Å². The van der Waals surface area contributed by atoms with Crippen molar-refractivity contribution in [3.63, 3.8) is 0 Å². The standard InChI is InChI=1S/C22H18ClF3N2O2/c23-18-11-16(22(24,25)26)12-27-21(18)30-17-8-9-28(13-17)19-7-6-15(10-20(19)29)14-4-2-1-3-5-14/h1-7,10-12,17,29H,8-9,13H2/t17-/m0/s1. The number of anilines is 1. The zero-order valence-electron chi connectivity index (χ0n) is 15.7. The first-order valence-electron chi connectivity index (χ1n) is 9.34. The Bertz CT molecular complexity index is 1040. The lowest BCUT2D eigenvalue weighted by Gasteiger charge is -2.21. The number of benzene rings is 2. The van der Waals surface area contributed by atoms with Gasteiger partial charge in [-0.15, -0.1) is 0 Å². The lowest BCUT2D eigenvalue weighted by molar-refractivity contribution is -0.137. The maximum absolute atomic E-state index is 12.7. The van der Waals surface area contributed by atoms with Crippen LogP contribution in [0.2, 0.25) is 5.02 Å². The zero-order valence-corrected chi connectivity index (χ0v) is 16.5. The van der Waals surface area contributed by atoms with Gasteiger partial charge in [-0.2, -0.15) is 13.2 Å². The second kappa shape index (κ2) is 8.07. The van der Waals surface area contributed by atoms with E-state index in [0.717, 1.165) is 17.2 Å². The number of phenolic OH excluding ortho intramolecular Hbond substituents is 1. The molecule has 1 saturated heterocycles. The minimum Gasteiger partial charge on any atom is -0.506 e. The molecule has 0 spiro atoms. The first-order chi connectivity index (χ1) is 14.3. The Labute approximate surface area is 176 Å². The predicted molar refractivity (Wildman–Crippen MR) is 109 cm³/mol. The molecule has 0 unspecified atom stereocenters. The number of pyridine rings is 1. The molecular formula is C22H18ClF3N2O2. The zero-order chi connectivity index (χ0) is 21.3. The van der Waals surface area contributed by atoms with Gasteiger partial charge in [0, 0.05) is 19.2 Å². The first-order valence-corrected chi connectivity index (χ1v) is 9.72. The molecule has 1 aliphatic heterocycles. The van der Waals surface area contributed by atoms with Crippen LogP contribution in [0.1, 0.15) is 12.0 Å². The summed E-state index contributed by atoms with van der Waals surface area (Å²) in [4.78, 5) is 5.69. The summed E-state index contributed by atoms with van der Waals surface area (Å²) in [7, 11) is 0. The molecule has 3 aromatic rings. The third-order valence-electron chi connectivity index (χ3n) is 4.98. The van der Waals surface area contributed by atoms with Crippen LogP contribution < -0.4 is 9.64 Å². The van der Waals surface area contributed by atoms with E-state index in [4.69, 9.17) is 16.3 Å². The molecule has 1 N–H and O–H groups in total. The summed E-state index contributed by atoms with van der Waals surface area (Å²) in [6, 6.07) is 16.0. The molecule has 0 aliphatic carbocycles. The topological polar surface area (TPSA) is 45.6 Å². The summed E-state index contributed by atoms with van der Waals surface area (Å²) in [6.07, 6.45) is -3.48. The van der Waals surface area contributed by atoms with Gasteiger partial charge >= 0.3 is 6.18 Å². The quantitative estimate of drug-likeness (QED) is 0.565. The summed E-state index contributed by atoms with van der Waals surface area (Å²) in [5, 5.41) is 10.3. The number of aromatic hydroxyl groups is 1. The average molecular weight is 435 g/mol. The SMILES string of the molecule is Oc1cc(-c2ccccc2)ccc1N1CC[C@H](Oc2ncc(C(F)(F)F)cc2Cl)C1. The molecule has 30 heavy (non-hydrogen) atoms. The number of halogens is 4. The van der Waals surface area contributed by atoms with Crippen LogP contribution in [0.4, 0.5) is 18.9 Å². The van der Waals surface area contributed by atoms with E-state index in [0.29, 0.717) is 31.4 Å². The van der Waals surface area contributed by atoms with E-state index in [9.17, 15) is 18.3 Å². The number of nitrogens with zero attached hydrogens (tertiary/aromatic N) is 2. The van der Waals surface area contributed by atoms with Crippen molar-refractivity contribution in [2.24, 2.45) is 0 Å². The van der Waals surface area contributed by atoms with Crippen molar-refractivity contribution in [2.75, 3.05) is 18.0 Å². The molecule has 8 heteroatoms. The molecule has 1 aromatic heterocycles.